The van der Waals surface area contributed by atoms with E-state index in [1.807, 2.05) is 0 Å². The van der Waals surface area contributed by atoms with E-state index >= 15 is 0 Å². The average molecular weight is 517 g/mol. The Morgan fingerprint density at radius 3 is 0.690 bits per heavy atom. The maximum atomic E-state index is 11.0. The summed E-state index contributed by atoms with van der Waals surface area (Å²) in [5, 5.41) is 20.2. The average Bonchev–Trinajstić information content (AvgIpc) is 2.39. The fourth-order valence-electron chi connectivity index (χ4n) is 2.27. The maximum absolute atomic E-state index is 11.0. The van der Waals surface area contributed by atoms with E-state index in [-0.39, 0.29) is 6.15 Å². The number of hydrogen-bond donors (Lipinski definition) is 11. The maximum Gasteiger partial charge on any atom is 0.470 e. The quantitative estimate of drug-likeness (QED) is 0.141. The molecule has 0 radical (unpaired) electrons. The summed E-state index contributed by atoms with van der Waals surface area (Å²) >= 11 is 0. The normalized spacial score (nSPS) is 31.9. The van der Waals surface area contributed by atoms with Gasteiger partial charge in [-0.15, -0.1) is 0 Å². The minimum absolute atomic E-state index is 0. The standard InChI is InChI=1S/C6H16O18P4.H3N/c7-1-3(21-25(9,10)11)5(23-27(15,16)17)2(8)6(24-28(18,19)20)4(1)22-26(12,13)14;/h1-8H,(H2,9,10,11)(H2,12,13,14)(H2,15,16,17)(H2,18,19,20);1H3/t1?,2?,3-,4+,5-,6+;. The summed E-state index contributed by atoms with van der Waals surface area (Å²) < 4.78 is 60.4. The first-order valence-corrected chi connectivity index (χ1v) is 12.6. The second-order valence-electron chi connectivity index (χ2n) is 5.22. The molecule has 0 spiro atoms. The van der Waals surface area contributed by atoms with Gasteiger partial charge in [0.05, 0.1) is 0 Å². The molecule has 176 valence electrons. The first-order valence-electron chi connectivity index (χ1n) is 6.52. The van der Waals surface area contributed by atoms with Crippen LogP contribution in [0.1, 0.15) is 0 Å². The lowest BCUT2D eigenvalue weighted by atomic mass is 9.85. The van der Waals surface area contributed by atoms with Crippen LogP contribution in [0.5, 0.6) is 0 Å². The summed E-state index contributed by atoms with van der Waals surface area (Å²) in [6.07, 6.45) is -15.9. The third-order valence-electron chi connectivity index (χ3n) is 3.03. The van der Waals surface area contributed by atoms with Crippen LogP contribution in [0.4, 0.5) is 0 Å². The Bertz CT molecular complexity index is 611. The molecule has 0 aromatic heterocycles. The number of rotatable bonds is 8. The van der Waals surface area contributed by atoms with Crippen molar-refractivity contribution in [2.24, 2.45) is 0 Å². The van der Waals surface area contributed by atoms with Crippen LogP contribution in [-0.4, -0.2) is 86.0 Å². The summed E-state index contributed by atoms with van der Waals surface area (Å²) in [5.41, 5.74) is 0. The second kappa shape index (κ2) is 9.85. The number of phosphoric acid groups is 4. The van der Waals surface area contributed by atoms with Crippen molar-refractivity contribution in [1.82, 2.24) is 6.15 Å². The van der Waals surface area contributed by atoms with Gasteiger partial charge in [-0.25, -0.2) is 18.3 Å². The van der Waals surface area contributed by atoms with Gasteiger partial charge in [0.25, 0.3) is 0 Å². The van der Waals surface area contributed by atoms with Crippen molar-refractivity contribution in [3.05, 3.63) is 0 Å². The van der Waals surface area contributed by atoms with Crippen molar-refractivity contribution in [3.8, 4) is 0 Å². The number of hydrogen-bond acceptors (Lipinski definition) is 11. The van der Waals surface area contributed by atoms with Crippen LogP contribution < -0.4 is 6.15 Å². The van der Waals surface area contributed by atoms with Gasteiger partial charge in [0.2, 0.25) is 0 Å². The van der Waals surface area contributed by atoms with Crippen LogP contribution in [-0.2, 0) is 36.4 Å². The highest BCUT2D eigenvalue weighted by Crippen LogP contribution is 2.51. The SMILES string of the molecule is N.O=P(O)(O)O[C@@H]1C(O)[C@H](OP(=O)(O)O)[C@@H](OP(=O)(O)O)C(O)[C@H]1OP(=O)(O)O. The third kappa shape index (κ3) is 9.99. The molecular weight excluding hydrogens is 498 g/mol. The smallest absolute Gasteiger partial charge is 0.387 e. The Hall–Kier alpha value is 0.320. The Kier molecular flexibility index (Phi) is 9.96. The third-order valence-corrected chi connectivity index (χ3v) is 5.10. The molecule has 19 nitrogen and oxygen atoms in total. The van der Waals surface area contributed by atoms with E-state index in [1.54, 1.807) is 0 Å². The summed E-state index contributed by atoms with van der Waals surface area (Å²) in [7, 11) is -22.3. The van der Waals surface area contributed by atoms with Gasteiger partial charge in [0.1, 0.15) is 36.6 Å². The summed E-state index contributed by atoms with van der Waals surface area (Å²) in [5.74, 6) is 0. The summed E-state index contributed by atoms with van der Waals surface area (Å²) in [6.45, 7) is 0. The number of aliphatic hydroxyl groups excluding tert-OH is 2. The minimum atomic E-state index is -5.59. The number of aliphatic hydroxyl groups is 2. The monoisotopic (exact) mass is 517 g/mol. The van der Waals surface area contributed by atoms with Gasteiger partial charge >= 0.3 is 31.3 Å². The Balaban J connectivity index is 0.00000784. The molecule has 1 rings (SSSR count). The first-order chi connectivity index (χ1) is 12.2. The highest BCUT2D eigenvalue weighted by Gasteiger charge is 2.58. The lowest BCUT2D eigenvalue weighted by molar-refractivity contribution is -0.208. The molecule has 0 aromatic rings. The predicted octanol–water partition coefficient (Wildman–Crippen LogP) is -3.20. The van der Waals surface area contributed by atoms with Crippen molar-refractivity contribution in [2.75, 3.05) is 0 Å². The highest BCUT2D eigenvalue weighted by atomic mass is 31.2. The minimum Gasteiger partial charge on any atom is -0.387 e. The molecular formula is C6H19NO18P4. The second-order valence-corrected chi connectivity index (χ2v) is 9.99. The molecule has 13 N–H and O–H groups in total. The zero-order valence-electron chi connectivity index (χ0n) is 13.7. The van der Waals surface area contributed by atoms with Crippen LogP contribution >= 0.6 is 31.3 Å². The molecule has 0 amide bonds. The van der Waals surface area contributed by atoms with Gasteiger partial charge in [0, 0.05) is 0 Å². The van der Waals surface area contributed by atoms with Crippen LogP contribution in [0.25, 0.3) is 0 Å². The van der Waals surface area contributed by atoms with Gasteiger partial charge in [-0.05, 0) is 0 Å². The Morgan fingerprint density at radius 2 is 0.586 bits per heavy atom. The molecule has 6 atom stereocenters. The molecule has 1 saturated carbocycles. The van der Waals surface area contributed by atoms with E-state index in [4.69, 9.17) is 39.1 Å². The molecule has 1 aliphatic rings. The van der Waals surface area contributed by atoms with E-state index in [2.05, 4.69) is 18.1 Å². The molecule has 0 bridgehead atoms. The molecule has 0 aliphatic heterocycles. The Labute approximate surface area is 160 Å². The Morgan fingerprint density at radius 1 is 0.448 bits per heavy atom. The lowest BCUT2D eigenvalue weighted by Gasteiger charge is -2.45. The molecule has 2 unspecified atom stereocenters. The van der Waals surface area contributed by atoms with Crippen LogP contribution in [0, 0.1) is 0 Å². The number of phosphoric ester groups is 4. The van der Waals surface area contributed by atoms with Gasteiger partial charge in [-0.3, -0.25) is 18.1 Å². The van der Waals surface area contributed by atoms with Crippen molar-refractivity contribution >= 4 is 31.3 Å². The van der Waals surface area contributed by atoms with Crippen molar-refractivity contribution in [1.29, 1.82) is 0 Å². The molecule has 1 aliphatic carbocycles. The fourth-order valence-corrected chi connectivity index (χ4v) is 4.52. The van der Waals surface area contributed by atoms with Gasteiger partial charge in [-0.2, -0.15) is 0 Å². The largest absolute Gasteiger partial charge is 0.470 e. The van der Waals surface area contributed by atoms with Gasteiger partial charge in [-0.1, -0.05) is 0 Å². The van der Waals surface area contributed by atoms with Gasteiger partial charge in [0.15, 0.2) is 0 Å². The lowest BCUT2D eigenvalue weighted by Crippen LogP contribution is -2.65. The molecule has 23 heteroatoms. The first kappa shape index (κ1) is 29.3. The van der Waals surface area contributed by atoms with Gasteiger partial charge < -0.3 is 55.5 Å². The van der Waals surface area contributed by atoms with E-state index in [1.165, 1.54) is 0 Å². The zero-order valence-corrected chi connectivity index (χ0v) is 17.3. The van der Waals surface area contributed by atoms with Crippen molar-refractivity contribution < 1.29 is 85.7 Å². The molecule has 0 aromatic carbocycles. The highest BCUT2D eigenvalue weighted by molar-refractivity contribution is 7.47. The van der Waals surface area contributed by atoms with Crippen molar-refractivity contribution in [2.45, 2.75) is 36.6 Å². The van der Waals surface area contributed by atoms with Crippen LogP contribution in [0.2, 0.25) is 0 Å². The van der Waals surface area contributed by atoms with E-state index in [9.17, 15) is 28.5 Å². The molecule has 0 heterocycles. The predicted molar refractivity (Wildman–Crippen MR) is 84.7 cm³/mol. The summed E-state index contributed by atoms with van der Waals surface area (Å²) in [6, 6.07) is 0. The van der Waals surface area contributed by atoms with E-state index in [0.29, 0.717) is 0 Å². The molecule has 1 fully saturated rings. The van der Waals surface area contributed by atoms with Crippen LogP contribution in [0.15, 0.2) is 0 Å². The van der Waals surface area contributed by atoms with Crippen LogP contribution in [0.3, 0.4) is 0 Å². The topological polar surface area (TPSA) is 342 Å². The molecule has 0 saturated heterocycles. The zero-order chi connectivity index (χ0) is 22.3. The van der Waals surface area contributed by atoms with E-state index < -0.39 is 67.9 Å². The molecule has 29 heavy (non-hydrogen) atoms. The fraction of sp³-hybridized carbons (Fsp3) is 1.00. The van der Waals surface area contributed by atoms with Crippen molar-refractivity contribution in [3.63, 3.8) is 0 Å². The summed E-state index contributed by atoms with van der Waals surface area (Å²) in [4.78, 5) is 70.9. The van der Waals surface area contributed by atoms with E-state index in [0.717, 1.165) is 0 Å².